The molecule has 118 heavy (non-hydrogen) atoms. The number of aliphatic hydroxyl groups excluding tert-OH is 1. The van der Waals surface area contributed by atoms with Crippen LogP contribution in [0.1, 0.15) is 353 Å². The molecule has 1 spiro atoms. The van der Waals surface area contributed by atoms with Gasteiger partial charge in [-0.3, -0.25) is 9.97 Å². The number of aliphatic hydroxyl groups is 9. The molecule has 1 aromatic carbocycles. The number of benzene rings is 1. The number of aromatic nitrogens is 3. The monoisotopic (exact) mass is 1670 g/mol. The summed E-state index contributed by atoms with van der Waals surface area (Å²) in [7, 11) is 0. The zero-order chi connectivity index (χ0) is 90.9. The topological polar surface area (TPSA) is 308 Å². The lowest BCUT2D eigenvalue weighted by molar-refractivity contribution is -0.205. The summed E-state index contributed by atoms with van der Waals surface area (Å²) in [6.45, 7) is 61.5. The third-order valence-corrected chi connectivity index (χ3v) is 23.3. The van der Waals surface area contributed by atoms with Gasteiger partial charge < -0.3 is 88.4 Å². The number of hydrogen-bond acceptors (Lipinski definition) is 21. The zero-order valence-corrected chi connectivity index (χ0v) is 79.7. The van der Waals surface area contributed by atoms with E-state index in [-0.39, 0.29) is 23.6 Å². The molecule has 690 valence electrons. The van der Waals surface area contributed by atoms with Gasteiger partial charge in [-0.2, -0.15) is 0 Å². The Bertz CT molecular complexity index is 2830. The second-order valence-corrected chi connectivity index (χ2v) is 31.8. The Morgan fingerprint density at radius 3 is 1.08 bits per heavy atom. The molecule has 0 radical (unpaired) electrons. The second kappa shape index (κ2) is 67.9. The van der Waals surface area contributed by atoms with Crippen molar-refractivity contribution in [1.29, 1.82) is 0 Å². The number of nitrogens with zero attached hydrogens (tertiary/aromatic N) is 3. The van der Waals surface area contributed by atoms with E-state index in [0.29, 0.717) is 105 Å². The Labute approximate surface area is 719 Å². The van der Waals surface area contributed by atoms with Crippen molar-refractivity contribution in [2.75, 3.05) is 66.1 Å². The van der Waals surface area contributed by atoms with Gasteiger partial charge in [0.05, 0.1) is 149 Å². The van der Waals surface area contributed by atoms with Crippen molar-refractivity contribution in [1.82, 2.24) is 15.1 Å². The van der Waals surface area contributed by atoms with Gasteiger partial charge in [0.25, 0.3) is 0 Å². The molecule has 2 fully saturated rings. The van der Waals surface area contributed by atoms with Crippen LogP contribution >= 0.6 is 0 Å². The Hall–Kier alpha value is -4.47. The highest BCUT2D eigenvalue weighted by Gasteiger charge is 2.49. The first-order valence-corrected chi connectivity index (χ1v) is 45.0. The summed E-state index contributed by atoms with van der Waals surface area (Å²) in [5.41, 5.74) is 2.45. The first-order chi connectivity index (χ1) is 55.8. The first-order valence-electron chi connectivity index (χ1n) is 45.0. The summed E-state index contributed by atoms with van der Waals surface area (Å²) in [6, 6.07) is 15.9. The predicted molar refractivity (Wildman–Crippen MR) is 485 cm³/mol. The van der Waals surface area contributed by atoms with Gasteiger partial charge in [-0.1, -0.05) is 211 Å². The number of aryl methyl sites for hydroxylation is 3. The van der Waals surface area contributed by atoms with Crippen LogP contribution in [0.4, 0.5) is 0 Å². The van der Waals surface area contributed by atoms with Crippen molar-refractivity contribution >= 4 is 0 Å². The van der Waals surface area contributed by atoms with Crippen LogP contribution < -0.4 is 0 Å². The van der Waals surface area contributed by atoms with E-state index in [2.05, 4.69) is 66.7 Å². The van der Waals surface area contributed by atoms with Crippen molar-refractivity contribution in [2.24, 2.45) is 0 Å². The van der Waals surface area contributed by atoms with Crippen LogP contribution in [0.5, 0.6) is 0 Å². The van der Waals surface area contributed by atoms with Crippen molar-refractivity contribution in [3.05, 3.63) is 137 Å². The van der Waals surface area contributed by atoms with Crippen molar-refractivity contribution in [2.45, 2.75) is 417 Å². The molecule has 4 aromatic rings. The smallest absolute Gasteiger partial charge is 0.169 e. The molecule has 9 N–H and O–H groups in total. The SMILES string of the molecule is C=CCOCC(O)(CC)CC.CC.CCC(O)(CC)CC.CCC(O)(CC)CO.CCC(O)(CC)COCC=C(C)C.CCC(O)(CC)COCc1c(C)noc1C.CCC(O)(CC)COCc1ccc(C)cc1.CCC(O)(CC)COCc1cccnc1.CCC(O)(CC)COCc1ccncc1.CCC1(CC)COC2(CCCCC2)O1. The normalized spacial score (nSPS) is 13.7. The lowest BCUT2D eigenvalue weighted by Gasteiger charge is -2.34. The van der Waals surface area contributed by atoms with Crippen molar-refractivity contribution < 1.29 is 88.4 Å². The fraction of sp³-hybridized carbons (Fsp3) is 0.763. The summed E-state index contributed by atoms with van der Waals surface area (Å²) in [4.78, 5) is 7.93. The number of allylic oxidation sites excluding steroid dienone is 1. The quantitative estimate of drug-likeness (QED) is 0.0147. The van der Waals surface area contributed by atoms with E-state index < -0.39 is 39.2 Å². The summed E-state index contributed by atoms with van der Waals surface area (Å²) >= 11 is 0. The van der Waals surface area contributed by atoms with Gasteiger partial charge in [-0.15, -0.1) is 6.58 Å². The molecule has 0 amide bonds. The molecule has 1 saturated carbocycles. The van der Waals surface area contributed by atoms with Crippen LogP contribution in [0.3, 0.4) is 0 Å². The van der Waals surface area contributed by atoms with E-state index in [1.807, 2.05) is 190 Å². The van der Waals surface area contributed by atoms with Crippen LogP contribution in [-0.4, -0.2) is 183 Å². The molecule has 4 heterocycles. The van der Waals surface area contributed by atoms with Gasteiger partial charge in [0.2, 0.25) is 0 Å². The number of rotatable bonds is 44. The molecule has 3 aromatic heterocycles. The molecule has 21 heteroatoms. The minimum absolute atomic E-state index is 0.0251. The standard InChI is InChI=1S/C14H22O2.C12H21NO3.2C12H19NO2.C12H22O2.C11H22O2.C9H18O2.C7H16O.C6H14O2.C2H6/c1-4-14(15,5-2)11-16-10-13-8-6-12(3)7-9-13;1-5-12(14,6-2)8-15-7-11-9(3)13-16-10(11)4;1-3-12(14,4-2)10-15-9-11-5-7-13-8-6-11;1-3-12(14,4-2)10-15-9-11-6-5-7-13-8-11;1-3-11(4-2)10-13-12(14-11)8-6-5-7-9-12;1-5-11(12,6-2)9-13-8-7-10(3)4;1-4-7-11-8-9(10,5-2)6-3;1-4-7(8,5-2)6-3;1-3-6(8,4-2)5-7;1-2/h6-9,15H,4-5,10-11H2,1-3H3;14H,5-8H2,1-4H3;2*5-8,14H,3-4,9-10H2,1-2H3;3-10H2,1-2H3;7,12H,5-6,8-9H2,1-4H3;4,10H,1,5-8H2,2-3H3;8H,4-6H2,1-3H3;7-8H,3-5H2,1-2H3;1-2H3. The predicted octanol–water partition coefficient (Wildman–Crippen LogP) is 20.7. The number of hydrogen-bond donors (Lipinski definition) is 9. The van der Waals surface area contributed by atoms with Crippen molar-refractivity contribution in [3.8, 4) is 0 Å². The van der Waals surface area contributed by atoms with Gasteiger partial charge >= 0.3 is 0 Å². The molecule has 0 unspecified atom stereocenters. The van der Waals surface area contributed by atoms with E-state index in [0.717, 1.165) is 149 Å². The van der Waals surface area contributed by atoms with E-state index >= 15 is 0 Å². The first kappa shape index (κ1) is 120. The van der Waals surface area contributed by atoms with Crippen LogP contribution in [0.2, 0.25) is 0 Å². The third kappa shape index (κ3) is 53.5. The highest BCUT2D eigenvalue weighted by molar-refractivity contribution is 5.21. The Balaban J connectivity index is -0.000000623. The molecule has 1 saturated heterocycles. The second-order valence-electron chi connectivity index (χ2n) is 31.8. The number of pyridine rings is 2. The summed E-state index contributed by atoms with van der Waals surface area (Å²) in [5, 5.41) is 90.6. The third-order valence-electron chi connectivity index (χ3n) is 23.3. The van der Waals surface area contributed by atoms with E-state index in [1.165, 1.54) is 30.4 Å². The van der Waals surface area contributed by atoms with Crippen LogP contribution in [0.25, 0.3) is 0 Å². The van der Waals surface area contributed by atoms with Gasteiger partial charge in [-0.25, -0.2) is 0 Å². The summed E-state index contributed by atoms with van der Waals surface area (Å²) < 4.78 is 49.8. The highest BCUT2D eigenvalue weighted by atomic mass is 16.8. The van der Waals surface area contributed by atoms with Crippen LogP contribution in [-0.2, 0) is 64.3 Å². The molecular formula is C97H179N3O18. The van der Waals surface area contributed by atoms with E-state index in [1.54, 1.807) is 30.9 Å². The molecular weight excluding hydrogens is 1500 g/mol. The number of ether oxygens (including phenoxy) is 8. The highest BCUT2D eigenvalue weighted by Crippen LogP contribution is 2.44. The molecule has 0 atom stereocenters. The largest absolute Gasteiger partial charge is 0.393 e. The van der Waals surface area contributed by atoms with Crippen LogP contribution in [0.15, 0.2) is 102 Å². The summed E-state index contributed by atoms with van der Waals surface area (Å²) in [6.07, 6.45) is 31.5. The van der Waals surface area contributed by atoms with Gasteiger partial charge in [0.1, 0.15) is 5.76 Å². The molecule has 21 nitrogen and oxygen atoms in total. The molecule has 1 aliphatic heterocycles. The maximum Gasteiger partial charge on any atom is 0.169 e. The Morgan fingerprint density at radius 1 is 0.432 bits per heavy atom. The minimum atomic E-state index is -0.819. The summed E-state index contributed by atoms with van der Waals surface area (Å²) in [5.74, 6) is 0.596. The van der Waals surface area contributed by atoms with Gasteiger partial charge in [0, 0.05) is 43.2 Å². The van der Waals surface area contributed by atoms with Gasteiger partial charge in [0.15, 0.2) is 5.79 Å². The Morgan fingerprint density at radius 2 is 0.788 bits per heavy atom. The lowest BCUT2D eigenvalue weighted by Crippen LogP contribution is -2.37. The molecule has 2 aliphatic rings. The Kier molecular flexibility index (Phi) is 69.0. The maximum absolute atomic E-state index is 10.0. The molecule has 1 aliphatic carbocycles. The fourth-order valence-electron chi connectivity index (χ4n) is 11.2. The lowest BCUT2D eigenvalue weighted by atomic mass is 9.93. The van der Waals surface area contributed by atoms with E-state index in [9.17, 15) is 40.9 Å². The average Bonchev–Trinajstić information content (AvgIpc) is 1.64. The minimum Gasteiger partial charge on any atom is -0.393 e. The zero-order valence-electron chi connectivity index (χ0n) is 79.7. The molecule has 6 rings (SSSR count). The van der Waals surface area contributed by atoms with Gasteiger partial charge in [-0.05, 0) is 204 Å². The van der Waals surface area contributed by atoms with E-state index in [4.69, 9.17) is 47.5 Å². The average molecular weight is 1680 g/mol. The van der Waals surface area contributed by atoms with Crippen molar-refractivity contribution in [3.63, 3.8) is 0 Å². The molecule has 0 bridgehead atoms. The van der Waals surface area contributed by atoms with Crippen LogP contribution in [0, 0.1) is 20.8 Å². The fourth-order valence-corrected chi connectivity index (χ4v) is 11.2. The maximum atomic E-state index is 10.0.